The number of hydrogen-bond donors (Lipinski definition) is 0. The molecule has 0 unspecified atom stereocenters. The molecule has 0 spiro atoms. The summed E-state index contributed by atoms with van der Waals surface area (Å²) in [5, 5.41) is 7.52. The molecule has 0 aliphatic heterocycles. The zero-order valence-corrected chi connectivity index (χ0v) is 29.0. The van der Waals surface area contributed by atoms with Crippen molar-refractivity contribution in [2.75, 3.05) is 4.90 Å². The summed E-state index contributed by atoms with van der Waals surface area (Å²) >= 11 is 1.86. The number of fused-ring (bicyclic) bond motifs is 9. The van der Waals surface area contributed by atoms with Crippen molar-refractivity contribution in [3.05, 3.63) is 188 Å². The summed E-state index contributed by atoms with van der Waals surface area (Å²) < 4.78 is 7.52. The lowest BCUT2D eigenvalue weighted by Gasteiger charge is -2.27. The number of thiophene rings is 1. The SMILES string of the molecule is c1ccc(N(c2ccc3c(c2)sc2ccccc23)c2cc(-n3c4ccccc4c4ccccc43)c3c(c2)c2ccccc2n3-c2ccccc2)cc1. The Hall–Kier alpha value is -6.62. The van der Waals surface area contributed by atoms with E-state index in [0.29, 0.717) is 0 Å². The van der Waals surface area contributed by atoms with Crippen LogP contribution in [0.25, 0.3) is 75.2 Å². The van der Waals surface area contributed by atoms with E-state index in [4.69, 9.17) is 0 Å². The molecule has 0 atom stereocenters. The van der Waals surface area contributed by atoms with Crippen LogP contribution in [0.1, 0.15) is 0 Å². The highest BCUT2D eigenvalue weighted by molar-refractivity contribution is 7.25. The summed E-state index contributed by atoms with van der Waals surface area (Å²) in [5.74, 6) is 0. The van der Waals surface area contributed by atoms with Crippen LogP contribution in [0, 0.1) is 0 Å². The first kappa shape index (κ1) is 29.1. The Bertz CT molecular complexity index is 3080. The first-order chi connectivity index (χ1) is 25.8. The Morgan fingerprint density at radius 1 is 0.346 bits per heavy atom. The van der Waals surface area contributed by atoms with Gasteiger partial charge in [-0.1, -0.05) is 115 Å². The first-order valence-electron chi connectivity index (χ1n) is 17.7. The van der Waals surface area contributed by atoms with Gasteiger partial charge in [0.2, 0.25) is 0 Å². The second-order valence-corrected chi connectivity index (χ2v) is 14.5. The van der Waals surface area contributed by atoms with E-state index in [-0.39, 0.29) is 0 Å². The zero-order chi connectivity index (χ0) is 34.2. The van der Waals surface area contributed by atoms with Crippen molar-refractivity contribution in [2.24, 2.45) is 0 Å². The topological polar surface area (TPSA) is 13.1 Å². The van der Waals surface area contributed by atoms with Crippen LogP contribution in [-0.4, -0.2) is 9.13 Å². The number of para-hydroxylation sites is 5. The van der Waals surface area contributed by atoms with Gasteiger partial charge in [0, 0.05) is 64.5 Å². The van der Waals surface area contributed by atoms with Gasteiger partial charge in [0.05, 0.1) is 27.8 Å². The fraction of sp³-hybridized carbons (Fsp3) is 0. The van der Waals surface area contributed by atoms with Gasteiger partial charge in [0.1, 0.15) is 0 Å². The van der Waals surface area contributed by atoms with Gasteiger partial charge < -0.3 is 14.0 Å². The maximum absolute atomic E-state index is 2.48. The molecule has 11 aromatic rings. The molecule has 3 nitrogen and oxygen atoms in total. The van der Waals surface area contributed by atoms with Crippen LogP contribution in [0.15, 0.2) is 188 Å². The molecule has 3 heterocycles. The normalized spacial score (nSPS) is 11.8. The van der Waals surface area contributed by atoms with E-state index >= 15 is 0 Å². The standard InChI is InChI=1S/C48H31N3S/c1-3-15-32(16-4-1)49(34-27-28-40-39-22-10-14-26-46(39)52-47(40)31-34)35-29-41-38-21-9-11-23-42(38)50(33-17-5-2-6-18-33)48(41)45(30-35)51-43-24-12-7-19-36(43)37-20-8-13-25-44(37)51/h1-31H. The van der Waals surface area contributed by atoms with Gasteiger partial charge in [-0.15, -0.1) is 11.3 Å². The van der Waals surface area contributed by atoms with Gasteiger partial charge in [0.15, 0.2) is 0 Å². The number of hydrogen-bond acceptors (Lipinski definition) is 2. The van der Waals surface area contributed by atoms with Gasteiger partial charge in [0.25, 0.3) is 0 Å². The molecule has 0 saturated carbocycles. The minimum Gasteiger partial charge on any atom is -0.310 e. The zero-order valence-electron chi connectivity index (χ0n) is 28.1. The molecule has 0 radical (unpaired) electrons. The molecule has 11 rings (SSSR count). The molecular formula is C48H31N3S. The van der Waals surface area contributed by atoms with Crippen LogP contribution in [-0.2, 0) is 0 Å². The highest BCUT2D eigenvalue weighted by Crippen LogP contribution is 2.46. The molecule has 0 aliphatic rings. The van der Waals surface area contributed by atoms with E-state index in [0.717, 1.165) is 28.4 Å². The third-order valence-electron chi connectivity index (χ3n) is 10.5. The lowest BCUT2D eigenvalue weighted by atomic mass is 10.1. The van der Waals surface area contributed by atoms with E-state index in [9.17, 15) is 0 Å². The molecule has 52 heavy (non-hydrogen) atoms. The van der Waals surface area contributed by atoms with Crippen LogP contribution in [0.4, 0.5) is 17.1 Å². The Morgan fingerprint density at radius 2 is 0.885 bits per heavy atom. The quantitative estimate of drug-likeness (QED) is 0.176. The van der Waals surface area contributed by atoms with Crippen molar-refractivity contribution >= 4 is 92.2 Å². The average molecular weight is 682 g/mol. The molecule has 3 aromatic heterocycles. The van der Waals surface area contributed by atoms with Crippen molar-refractivity contribution in [3.63, 3.8) is 0 Å². The highest BCUT2D eigenvalue weighted by atomic mass is 32.1. The molecule has 0 N–H and O–H groups in total. The summed E-state index contributed by atoms with van der Waals surface area (Å²) in [6, 6.07) is 68.5. The second kappa shape index (κ2) is 11.5. The molecule has 4 heteroatoms. The van der Waals surface area contributed by atoms with E-state index < -0.39 is 0 Å². The molecule has 0 amide bonds. The van der Waals surface area contributed by atoms with E-state index in [1.54, 1.807) is 0 Å². The van der Waals surface area contributed by atoms with Crippen molar-refractivity contribution in [1.82, 2.24) is 9.13 Å². The minimum atomic E-state index is 1.10. The molecule has 0 fully saturated rings. The molecular weight excluding hydrogens is 651 g/mol. The molecule has 8 aromatic carbocycles. The maximum Gasteiger partial charge on any atom is 0.0784 e. The Balaban J connectivity index is 1.29. The van der Waals surface area contributed by atoms with Gasteiger partial charge in [-0.3, -0.25) is 0 Å². The number of rotatable bonds is 5. The van der Waals surface area contributed by atoms with Crippen molar-refractivity contribution < 1.29 is 0 Å². The third-order valence-corrected chi connectivity index (χ3v) is 11.6. The summed E-state index contributed by atoms with van der Waals surface area (Å²) in [6.45, 7) is 0. The van der Waals surface area contributed by atoms with Crippen LogP contribution in [0.2, 0.25) is 0 Å². The van der Waals surface area contributed by atoms with Gasteiger partial charge in [-0.25, -0.2) is 0 Å². The number of benzene rings is 8. The van der Waals surface area contributed by atoms with Crippen LogP contribution >= 0.6 is 11.3 Å². The summed E-state index contributed by atoms with van der Waals surface area (Å²) in [4.78, 5) is 2.43. The van der Waals surface area contributed by atoms with Gasteiger partial charge in [-0.2, -0.15) is 0 Å². The maximum atomic E-state index is 2.48. The van der Waals surface area contributed by atoms with Crippen molar-refractivity contribution in [3.8, 4) is 11.4 Å². The van der Waals surface area contributed by atoms with Crippen LogP contribution in [0.5, 0.6) is 0 Å². The predicted octanol–water partition coefficient (Wildman–Crippen LogP) is 13.7. The molecule has 0 bridgehead atoms. The highest BCUT2D eigenvalue weighted by Gasteiger charge is 2.24. The first-order valence-corrected chi connectivity index (χ1v) is 18.5. The Morgan fingerprint density at radius 3 is 1.58 bits per heavy atom. The predicted molar refractivity (Wildman–Crippen MR) is 223 cm³/mol. The fourth-order valence-electron chi connectivity index (χ4n) is 8.27. The van der Waals surface area contributed by atoms with Gasteiger partial charge >= 0.3 is 0 Å². The average Bonchev–Trinajstić information content (AvgIpc) is 3.86. The molecule has 0 aliphatic carbocycles. The van der Waals surface area contributed by atoms with Crippen molar-refractivity contribution in [1.29, 1.82) is 0 Å². The monoisotopic (exact) mass is 681 g/mol. The summed E-state index contributed by atoms with van der Waals surface area (Å²) in [7, 11) is 0. The van der Waals surface area contributed by atoms with Crippen LogP contribution in [0.3, 0.4) is 0 Å². The van der Waals surface area contributed by atoms with Crippen LogP contribution < -0.4 is 4.90 Å². The van der Waals surface area contributed by atoms with E-state index in [2.05, 4.69) is 202 Å². The van der Waals surface area contributed by atoms with E-state index in [1.807, 2.05) is 11.3 Å². The molecule has 0 saturated heterocycles. The summed E-state index contributed by atoms with van der Waals surface area (Å²) in [6.07, 6.45) is 0. The minimum absolute atomic E-state index is 1.10. The molecule has 244 valence electrons. The van der Waals surface area contributed by atoms with Gasteiger partial charge in [-0.05, 0) is 72.8 Å². The largest absolute Gasteiger partial charge is 0.310 e. The van der Waals surface area contributed by atoms with E-state index in [1.165, 1.54) is 63.8 Å². The second-order valence-electron chi connectivity index (χ2n) is 13.4. The Kier molecular flexibility index (Phi) is 6.42. The third kappa shape index (κ3) is 4.31. The smallest absolute Gasteiger partial charge is 0.0784 e. The summed E-state index contributed by atoms with van der Waals surface area (Å²) in [5.41, 5.74) is 10.3. The fourth-order valence-corrected chi connectivity index (χ4v) is 9.41. The lowest BCUT2D eigenvalue weighted by Crippen LogP contribution is -2.11. The lowest BCUT2D eigenvalue weighted by molar-refractivity contribution is 1.13. The Labute approximate surface area is 304 Å². The number of nitrogens with zero attached hydrogens (tertiary/aromatic N) is 3. The van der Waals surface area contributed by atoms with Crippen molar-refractivity contribution in [2.45, 2.75) is 0 Å². The number of aromatic nitrogens is 2. The number of anilines is 3.